The van der Waals surface area contributed by atoms with Gasteiger partial charge in [0.2, 0.25) is 15.9 Å². The Morgan fingerprint density at radius 2 is 1.92 bits per heavy atom. The fraction of sp³-hybridized carbons (Fsp3) is 0.611. The van der Waals surface area contributed by atoms with E-state index in [0.29, 0.717) is 18.7 Å². The number of amides is 1. The normalized spacial score (nSPS) is 19.0. The van der Waals surface area contributed by atoms with E-state index in [1.807, 2.05) is 13.8 Å². The Labute approximate surface area is 150 Å². The zero-order valence-corrected chi connectivity index (χ0v) is 16.0. The van der Waals surface area contributed by atoms with Crippen LogP contribution in [0.25, 0.3) is 0 Å². The molecule has 1 atom stereocenters. The SMILES string of the molecule is CCC(CC)NC(=O)[C@H]1CCCN(S(=O)(=O)c2ccc(OC)cc2)C1. The molecular weight excluding hydrogens is 340 g/mol. The molecule has 0 radical (unpaired) electrons. The smallest absolute Gasteiger partial charge is 0.243 e. The van der Waals surface area contributed by atoms with Crippen LogP contribution in [0.5, 0.6) is 5.75 Å². The maximum atomic E-state index is 12.8. The predicted molar refractivity (Wildman–Crippen MR) is 97.0 cm³/mol. The molecule has 1 amide bonds. The van der Waals surface area contributed by atoms with E-state index in [2.05, 4.69) is 5.32 Å². The molecule has 25 heavy (non-hydrogen) atoms. The minimum atomic E-state index is -3.60. The summed E-state index contributed by atoms with van der Waals surface area (Å²) < 4.78 is 32.2. The van der Waals surface area contributed by atoms with Crippen molar-refractivity contribution in [3.63, 3.8) is 0 Å². The lowest BCUT2D eigenvalue weighted by Crippen LogP contribution is -2.47. The second-order valence-electron chi connectivity index (χ2n) is 6.40. The van der Waals surface area contributed by atoms with Crippen LogP contribution in [0.1, 0.15) is 39.5 Å². The van der Waals surface area contributed by atoms with Gasteiger partial charge in [-0.1, -0.05) is 13.8 Å². The molecule has 140 valence electrons. The number of nitrogens with zero attached hydrogens (tertiary/aromatic N) is 1. The molecule has 1 aromatic carbocycles. The maximum Gasteiger partial charge on any atom is 0.243 e. The Hall–Kier alpha value is -1.60. The lowest BCUT2D eigenvalue weighted by atomic mass is 9.98. The fourth-order valence-electron chi connectivity index (χ4n) is 3.08. The van der Waals surface area contributed by atoms with Crippen molar-refractivity contribution in [3.8, 4) is 5.75 Å². The van der Waals surface area contributed by atoms with Gasteiger partial charge in [0.05, 0.1) is 17.9 Å². The van der Waals surface area contributed by atoms with E-state index in [1.54, 1.807) is 24.3 Å². The van der Waals surface area contributed by atoms with E-state index < -0.39 is 10.0 Å². The van der Waals surface area contributed by atoms with Crippen molar-refractivity contribution >= 4 is 15.9 Å². The third-order valence-electron chi connectivity index (χ3n) is 4.78. The quantitative estimate of drug-likeness (QED) is 0.802. The molecule has 1 saturated heterocycles. The van der Waals surface area contributed by atoms with Gasteiger partial charge < -0.3 is 10.1 Å². The molecule has 1 aliphatic heterocycles. The number of sulfonamides is 1. The minimum Gasteiger partial charge on any atom is -0.497 e. The van der Waals surface area contributed by atoms with Crippen molar-refractivity contribution in [3.05, 3.63) is 24.3 Å². The van der Waals surface area contributed by atoms with Crippen LogP contribution in [0.2, 0.25) is 0 Å². The molecule has 0 aromatic heterocycles. The van der Waals surface area contributed by atoms with Crippen LogP contribution in [0.15, 0.2) is 29.2 Å². The standard InChI is InChI=1S/C18H28N2O4S/c1-4-15(5-2)19-18(21)14-7-6-12-20(13-14)25(22,23)17-10-8-16(24-3)9-11-17/h8-11,14-15H,4-7,12-13H2,1-3H3,(H,19,21)/t14-/m0/s1. The van der Waals surface area contributed by atoms with Crippen molar-refractivity contribution in [1.82, 2.24) is 9.62 Å². The van der Waals surface area contributed by atoms with Gasteiger partial charge in [-0.25, -0.2) is 8.42 Å². The second-order valence-corrected chi connectivity index (χ2v) is 8.34. The highest BCUT2D eigenvalue weighted by atomic mass is 32.2. The van der Waals surface area contributed by atoms with Gasteiger partial charge in [0.1, 0.15) is 5.75 Å². The van der Waals surface area contributed by atoms with Crippen LogP contribution in [0, 0.1) is 5.92 Å². The van der Waals surface area contributed by atoms with Gasteiger partial charge in [0.15, 0.2) is 0 Å². The summed E-state index contributed by atoms with van der Waals surface area (Å²) in [5.41, 5.74) is 0. The van der Waals surface area contributed by atoms with E-state index in [9.17, 15) is 13.2 Å². The molecule has 1 aliphatic rings. The van der Waals surface area contributed by atoms with Gasteiger partial charge in [-0.2, -0.15) is 4.31 Å². The molecule has 0 unspecified atom stereocenters. The lowest BCUT2D eigenvalue weighted by molar-refractivity contribution is -0.126. The molecule has 1 aromatic rings. The van der Waals surface area contributed by atoms with Crippen LogP contribution in [-0.4, -0.2) is 44.9 Å². The molecule has 6 nitrogen and oxygen atoms in total. The van der Waals surface area contributed by atoms with Crippen LogP contribution >= 0.6 is 0 Å². The average Bonchev–Trinajstić information content (AvgIpc) is 2.66. The van der Waals surface area contributed by atoms with Gasteiger partial charge in [-0.05, 0) is 49.9 Å². The molecule has 1 fully saturated rings. The Kier molecular flexibility index (Phi) is 6.84. The van der Waals surface area contributed by atoms with Crippen molar-refractivity contribution in [2.75, 3.05) is 20.2 Å². The number of piperidine rings is 1. The second kappa shape index (κ2) is 8.67. The van der Waals surface area contributed by atoms with Crippen LogP contribution in [0.3, 0.4) is 0 Å². The van der Waals surface area contributed by atoms with Crippen molar-refractivity contribution in [1.29, 1.82) is 0 Å². The van der Waals surface area contributed by atoms with E-state index in [4.69, 9.17) is 4.74 Å². The fourth-order valence-corrected chi connectivity index (χ4v) is 4.61. The average molecular weight is 368 g/mol. The third kappa shape index (κ3) is 4.73. The first-order valence-electron chi connectivity index (χ1n) is 8.86. The first kappa shape index (κ1) is 19.7. The molecule has 0 aliphatic carbocycles. The molecule has 7 heteroatoms. The third-order valence-corrected chi connectivity index (χ3v) is 6.66. The number of nitrogens with one attached hydrogen (secondary N) is 1. The Morgan fingerprint density at radius 3 is 2.48 bits per heavy atom. The van der Waals surface area contributed by atoms with Gasteiger partial charge in [-0.15, -0.1) is 0 Å². The van der Waals surface area contributed by atoms with E-state index >= 15 is 0 Å². The summed E-state index contributed by atoms with van der Waals surface area (Å²) in [6, 6.07) is 6.51. The number of carbonyl (C=O) groups excluding carboxylic acids is 1. The zero-order valence-electron chi connectivity index (χ0n) is 15.2. The summed E-state index contributed by atoms with van der Waals surface area (Å²) in [5.74, 6) is 0.283. The van der Waals surface area contributed by atoms with E-state index in [1.165, 1.54) is 11.4 Å². The van der Waals surface area contributed by atoms with Crippen LogP contribution in [-0.2, 0) is 14.8 Å². The molecule has 0 saturated carbocycles. The largest absolute Gasteiger partial charge is 0.497 e. The summed E-state index contributed by atoms with van der Waals surface area (Å²) in [4.78, 5) is 12.7. The van der Waals surface area contributed by atoms with Gasteiger partial charge >= 0.3 is 0 Å². The van der Waals surface area contributed by atoms with Crippen molar-refractivity contribution in [2.24, 2.45) is 5.92 Å². The predicted octanol–water partition coefficient (Wildman–Crippen LogP) is 2.40. The van der Waals surface area contributed by atoms with Gasteiger partial charge in [0.25, 0.3) is 0 Å². The molecule has 0 spiro atoms. The number of ether oxygens (including phenoxy) is 1. The van der Waals surface area contributed by atoms with Crippen molar-refractivity contribution < 1.29 is 17.9 Å². The van der Waals surface area contributed by atoms with Crippen LogP contribution < -0.4 is 10.1 Å². The monoisotopic (exact) mass is 368 g/mol. The van der Waals surface area contributed by atoms with E-state index in [0.717, 1.165) is 19.3 Å². The van der Waals surface area contributed by atoms with E-state index in [-0.39, 0.29) is 29.3 Å². The lowest BCUT2D eigenvalue weighted by Gasteiger charge is -2.32. The molecular formula is C18H28N2O4S. The maximum absolute atomic E-state index is 12.8. The van der Waals surface area contributed by atoms with Gasteiger partial charge in [-0.3, -0.25) is 4.79 Å². The first-order valence-corrected chi connectivity index (χ1v) is 10.3. The Morgan fingerprint density at radius 1 is 1.28 bits per heavy atom. The first-order chi connectivity index (χ1) is 11.9. The summed E-state index contributed by atoms with van der Waals surface area (Å²) in [6.07, 6.45) is 3.17. The number of hydrogen-bond donors (Lipinski definition) is 1. The zero-order chi connectivity index (χ0) is 18.4. The highest BCUT2D eigenvalue weighted by molar-refractivity contribution is 7.89. The number of carbonyl (C=O) groups is 1. The molecule has 1 heterocycles. The number of rotatable bonds is 7. The molecule has 0 bridgehead atoms. The Bertz CT molecular complexity index is 669. The number of hydrogen-bond acceptors (Lipinski definition) is 4. The highest BCUT2D eigenvalue weighted by Gasteiger charge is 2.33. The molecule has 2 rings (SSSR count). The summed E-state index contributed by atoms with van der Waals surface area (Å²) in [6.45, 7) is 4.76. The highest BCUT2D eigenvalue weighted by Crippen LogP contribution is 2.25. The van der Waals surface area contributed by atoms with Crippen LogP contribution in [0.4, 0.5) is 0 Å². The summed E-state index contributed by atoms with van der Waals surface area (Å²) in [7, 11) is -2.06. The molecule has 1 N–H and O–H groups in total. The summed E-state index contributed by atoms with van der Waals surface area (Å²) in [5, 5.41) is 3.04. The van der Waals surface area contributed by atoms with Gasteiger partial charge in [0, 0.05) is 19.1 Å². The topological polar surface area (TPSA) is 75.7 Å². The van der Waals surface area contributed by atoms with Crippen molar-refractivity contribution in [2.45, 2.75) is 50.5 Å². The summed E-state index contributed by atoms with van der Waals surface area (Å²) >= 11 is 0. The number of methoxy groups -OCH3 is 1. The Balaban J connectivity index is 2.09. The minimum absolute atomic E-state index is 0.0386. The number of benzene rings is 1.